The minimum absolute atomic E-state index is 0.0410. The average Bonchev–Trinajstić information content (AvgIpc) is 3.21. The smallest absolute Gasteiger partial charge is 0.317 e. The number of nitrogens with one attached hydrogen (secondary N) is 2. The molecule has 1 aliphatic rings. The van der Waals surface area contributed by atoms with Gasteiger partial charge in [0.1, 0.15) is 23.0 Å². The minimum Gasteiger partial charge on any atom is -0.465 e. The second kappa shape index (κ2) is 7.85. The summed E-state index contributed by atoms with van der Waals surface area (Å²) >= 11 is 0. The van der Waals surface area contributed by atoms with Gasteiger partial charge < -0.3 is 24.5 Å². The molecule has 1 fully saturated rings. The van der Waals surface area contributed by atoms with Gasteiger partial charge in [-0.1, -0.05) is 0 Å². The van der Waals surface area contributed by atoms with Crippen molar-refractivity contribution in [2.45, 2.75) is 46.2 Å². The van der Waals surface area contributed by atoms with Crippen LogP contribution in [-0.2, 0) is 6.54 Å². The van der Waals surface area contributed by atoms with Crippen LogP contribution in [0.1, 0.15) is 52.4 Å². The lowest BCUT2D eigenvalue weighted by Crippen LogP contribution is -2.43. The van der Waals surface area contributed by atoms with E-state index in [0.29, 0.717) is 25.3 Å². The van der Waals surface area contributed by atoms with E-state index in [2.05, 4.69) is 20.2 Å². The zero-order chi connectivity index (χ0) is 19.6. The van der Waals surface area contributed by atoms with Crippen molar-refractivity contribution >= 4 is 11.9 Å². The molecule has 8 heteroatoms. The Balaban J connectivity index is 1.67. The molecule has 2 aromatic heterocycles. The summed E-state index contributed by atoms with van der Waals surface area (Å²) in [6.07, 6.45) is 1.69. The van der Waals surface area contributed by atoms with E-state index in [0.717, 1.165) is 35.9 Å². The molecule has 3 amide bonds. The largest absolute Gasteiger partial charge is 0.465 e. The second-order valence-electron chi connectivity index (χ2n) is 6.93. The van der Waals surface area contributed by atoms with Crippen LogP contribution in [0, 0.1) is 20.8 Å². The normalized spacial score (nSPS) is 15.0. The van der Waals surface area contributed by atoms with Crippen LogP contribution in [0.25, 0.3) is 0 Å². The highest BCUT2D eigenvalue weighted by Crippen LogP contribution is 2.27. The summed E-state index contributed by atoms with van der Waals surface area (Å²) in [6, 6.07) is 3.93. The fraction of sp³-hybridized carbons (Fsp3) is 0.526. The van der Waals surface area contributed by atoms with Gasteiger partial charge in [0, 0.05) is 31.9 Å². The first-order chi connectivity index (χ1) is 12.9. The quantitative estimate of drug-likeness (QED) is 0.860. The lowest BCUT2D eigenvalue weighted by molar-refractivity contribution is 0.0942. The Morgan fingerprint density at radius 2 is 1.93 bits per heavy atom. The van der Waals surface area contributed by atoms with Crippen LogP contribution in [0.4, 0.5) is 4.79 Å². The number of urea groups is 1. The van der Waals surface area contributed by atoms with E-state index < -0.39 is 0 Å². The standard InChI is InChI=1S/C19H27N5O3/c1-12-5-6-16(27-12)11-21-18(25)17-13(2)24(14(3)22-17)15-7-9-23(10-8-15)19(26)20-4/h5-6,15H,7-11H2,1-4H3,(H,20,26)(H,21,25). The van der Waals surface area contributed by atoms with Crippen molar-refractivity contribution in [1.82, 2.24) is 25.1 Å². The highest BCUT2D eigenvalue weighted by Gasteiger charge is 2.27. The molecule has 1 saturated heterocycles. The highest BCUT2D eigenvalue weighted by atomic mass is 16.3. The Morgan fingerprint density at radius 1 is 1.22 bits per heavy atom. The summed E-state index contributed by atoms with van der Waals surface area (Å²) in [6.45, 7) is 7.45. The van der Waals surface area contributed by atoms with Crippen molar-refractivity contribution in [2.75, 3.05) is 20.1 Å². The maximum Gasteiger partial charge on any atom is 0.317 e. The average molecular weight is 373 g/mol. The van der Waals surface area contributed by atoms with Crippen LogP contribution < -0.4 is 10.6 Å². The number of aryl methyl sites for hydroxylation is 2. The number of carbonyl (C=O) groups is 2. The van der Waals surface area contributed by atoms with Gasteiger partial charge in [-0.15, -0.1) is 0 Å². The van der Waals surface area contributed by atoms with E-state index in [1.807, 2.05) is 37.8 Å². The molecule has 3 rings (SSSR count). The number of hydrogen-bond acceptors (Lipinski definition) is 4. The summed E-state index contributed by atoms with van der Waals surface area (Å²) in [5.74, 6) is 2.16. The van der Waals surface area contributed by atoms with Gasteiger partial charge in [-0.3, -0.25) is 4.79 Å². The fourth-order valence-electron chi connectivity index (χ4n) is 3.72. The SMILES string of the molecule is CNC(=O)N1CCC(n2c(C)nc(C(=O)NCc3ccc(C)o3)c2C)CC1. The van der Waals surface area contributed by atoms with Gasteiger partial charge in [0.05, 0.1) is 6.54 Å². The molecule has 1 aliphatic heterocycles. The highest BCUT2D eigenvalue weighted by molar-refractivity contribution is 5.93. The number of amides is 3. The molecule has 2 aromatic rings. The van der Waals surface area contributed by atoms with Crippen LogP contribution in [0.5, 0.6) is 0 Å². The number of imidazole rings is 1. The summed E-state index contributed by atoms with van der Waals surface area (Å²) < 4.78 is 7.62. The number of nitrogens with zero attached hydrogens (tertiary/aromatic N) is 3. The van der Waals surface area contributed by atoms with Gasteiger partial charge in [-0.25, -0.2) is 9.78 Å². The van der Waals surface area contributed by atoms with Gasteiger partial charge >= 0.3 is 6.03 Å². The summed E-state index contributed by atoms with van der Waals surface area (Å²) in [5, 5.41) is 5.54. The van der Waals surface area contributed by atoms with Crippen LogP contribution in [0.2, 0.25) is 0 Å². The maximum absolute atomic E-state index is 12.6. The fourth-order valence-corrected chi connectivity index (χ4v) is 3.72. The predicted molar refractivity (Wildman–Crippen MR) is 101 cm³/mol. The molecule has 3 heterocycles. The van der Waals surface area contributed by atoms with E-state index in [9.17, 15) is 9.59 Å². The number of aromatic nitrogens is 2. The molecule has 0 saturated carbocycles. The first-order valence-corrected chi connectivity index (χ1v) is 9.26. The van der Waals surface area contributed by atoms with Gasteiger partial charge in [0.25, 0.3) is 5.91 Å². The van der Waals surface area contributed by atoms with Crippen LogP contribution in [0.3, 0.4) is 0 Å². The molecular weight excluding hydrogens is 346 g/mol. The molecule has 146 valence electrons. The zero-order valence-electron chi connectivity index (χ0n) is 16.3. The number of rotatable bonds is 4. The van der Waals surface area contributed by atoms with E-state index in [-0.39, 0.29) is 18.0 Å². The molecule has 0 radical (unpaired) electrons. The Labute approximate surface area is 158 Å². The first-order valence-electron chi connectivity index (χ1n) is 9.26. The molecule has 27 heavy (non-hydrogen) atoms. The van der Waals surface area contributed by atoms with Gasteiger partial charge in [-0.2, -0.15) is 0 Å². The topological polar surface area (TPSA) is 92.4 Å². The Hall–Kier alpha value is -2.77. The van der Waals surface area contributed by atoms with Gasteiger partial charge in [0.15, 0.2) is 0 Å². The molecule has 8 nitrogen and oxygen atoms in total. The van der Waals surface area contributed by atoms with Crippen molar-refractivity contribution in [2.24, 2.45) is 0 Å². The second-order valence-corrected chi connectivity index (χ2v) is 6.93. The number of hydrogen-bond donors (Lipinski definition) is 2. The van der Waals surface area contributed by atoms with Gasteiger partial charge in [-0.05, 0) is 45.7 Å². The molecule has 2 N–H and O–H groups in total. The number of likely N-dealkylation sites (tertiary alicyclic amines) is 1. The predicted octanol–water partition coefficient (Wildman–Crippen LogP) is 2.31. The van der Waals surface area contributed by atoms with E-state index >= 15 is 0 Å². The zero-order valence-corrected chi connectivity index (χ0v) is 16.3. The van der Waals surface area contributed by atoms with Crippen LogP contribution >= 0.6 is 0 Å². The lowest BCUT2D eigenvalue weighted by Gasteiger charge is -2.33. The third-order valence-electron chi connectivity index (χ3n) is 5.09. The molecule has 0 bridgehead atoms. The Morgan fingerprint density at radius 3 is 2.52 bits per heavy atom. The van der Waals surface area contributed by atoms with Crippen molar-refractivity contribution in [3.8, 4) is 0 Å². The molecule has 0 aromatic carbocycles. The first kappa shape index (κ1) is 19.0. The molecule has 0 unspecified atom stereocenters. The molecular formula is C19H27N5O3. The van der Waals surface area contributed by atoms with Crippen molar-refractivity contribution < 1.29 is 14.0 Å². The third-order valence-corrected chi connectivity index (χ3v) is 5.09. The van der Waals surface area contributed by atoms with Crippen LogP contribution in [0.15, 0.2) is 16.5 Å². The van der Waals surface area contributed by atoms with E-state index in [1.165, 1.54) is 0 Å². The van der Waals surface area contributed by atoms with E-state index in [1.54, 1.807) is 7.05 Å². The molecule has 0 aliphatic carbocycles. The van der Waals surface area contributed by atoms with Crippen molar-refractivity contribution in [3.63, 3.8) is 0 Å². The summed E-state index contributed by atoms with van der Waals surface area (Å²) in [4.78, 5) is 30.7. The number of piperidine rings is 1. The number of furan rings is 1. The maximum atomic E-state index is 12.6. The van der Waals surface area contributed by atoms with Crippen LogP contribution in [-0.4, -0.2) is 46.5 Å². The number of carbonyl (C=O) groups excluding carboxylic acids is 2. The third kappa shape index (κ3) is 3.99. The van der Waals surface area contributed by atoms with E-state index in [4.69, 9.17) is 4.42 Å². The van der Waals surface area contributed by atoms with Crippen molar-refractivity contribution in [3.05, 3.63) is 40.9 Å². The van der Waals surface area contributed by atoms with Gasteiger partial charge in [0.2, 0.25) is 0 Å². The molecule has 0 atom stereocenters. The van der Waals surface area contributed by atoms with Crippen molar-refractivity contribution in [1.29, 1.82) is 0 Å². The minimum atomic E-state index is -0.203. The Kier molecular flexibility index (Phi) is 5.53. The summed E-state index contributed by atoms with van der Waals surface area (Å²) in [5.41, 5.74) is 1.31. The Bertz CT molecular complexity index is 831. The lowest BCUT2D eigenvalue weighted by atomic mass is 10.0. The summed E-state index contributed by atoms with van der Waals surface area (Å²) in [7, 11) is 1.65. The molecule has 0 spiro atoms. The monoisotopic (exact) mass is 373 g/mol.